The van der Waals surface area contributed by atoms with Crippen LogP contribution in [0.3, 0.4) is 0 Å². The van der Waals surface area contributed by atoms with Crippen molar-refractivity contribution in [3.8, 4) is 17.5 Å². The Kier molecular flexibility index (Phi) is 7.30. The van der Waals surface area contributed by atoms with Crippen LogP contribution in [0.25, 0.3) is 11.8 Å². The molecule has 172 valence electrons. The van der Waals surface area contributed by atoms with Gasteiger partial charge in [0.2, 0.25) is 15.0 Å². The van der Waals surface area contributed by atoms with Crippen molar-refractivity contribution in [3.63, 3.8) is 0 Å². The zero-order valence-corrected chi connectivity index (χ0v) is 20.2. The number of benzene rings is 1. The van der Waals surface area contributed by atoms with E-state index in [-0.39, 0.29) is 21.6 Å². The Bertz CT molecular complexity index is 1350. The third-order valence-corrected chi connectivity index (χ3v) is 7.07. The predicted octanol–water partition coefficient (Wildman–Crippen LogP) is 3.68. The van der Waals surface area contributed by atoms with Crippen molar-refractivity contribution in [2.45, 2.75) is 32.9 Å². The molecule has 0 bridgehead atoms. The largest absolute Gasteiger partial charge is 0.494 e. The Balaban J connectivity index is 1.86. The van der Waals surface area contributed by atoms with Gasteiger partial charge in [-0.2, -0.15) is 14.6 Å². The highest BCUT2D eigenvalue weighted by atomic mass is 32.2. The standard InChI is InChI=1S/C22H23N5O4S2/c1-5-31-19-9-7-18(8-10-19)27-14(3)11-16(15(27)4)12-17(13-23)20(28)24-21-25-22(26-32-21)33(29,30)6-2/h7-12H,5-6H2,1-4H3,(H,24,25,26,28)/b17-12-. The van der Waals surface area contributed by atoms with E-state index >= 15 is 0 Å². The molecule has 0 saturated heterocycles. The third-order valence-electron chi connectivity index (χ3n) is 4.83. The van der Waals surface area contributed by atoms with Crippen LogP contribution >= 0.6 is 11.5 Å². The molecule has 0 aliphatic heterocycles. The molecule has 1 amide bonds. The average molecular weight is 486 g/mol. The molecule has 1 aromatic carbocycles. The van der Waals surface area contributed by atoms with E-state index in [0.29, 0.717) is 12.2 Å². The van der Waals surface area contributed by atoms with Crippen molar-refractivity contribution < 1.29 is 17.9 Å². The number of aryl methyl sites for hydroxylation is 1. The van der Waals surface area contributed by atoms with E-state index in [0.717, 1.165) is 34.4 Å². The van der Waals surface area contributed by atoms with Crippen molar-refractivity contribution in [1.29, 1.82) is 5.26 Å². The van der Waals surface area contributed by atoms with Gasteiger partial charge < -0.3 is 9.30 Å². The quantitative estimate of drug-likeness (QED) is 0.381. The number of carbonyl (C=O) groups is 1. The Morgan fingerprint density at radius 1 is 1.27 bits per heavy atom. The van der Waals surface area contributed by atoms with Gasteiger partial charge in [0.15, 0.2) is 0 Å². The summed E-state index contributed by atoms with van der Waals surface area (Å²) in [6, 6.07) is 11.4. The zero-order valence-electron chi connectivity index (χ0n) is 18.6. The van der Waals surface area contributed by atoms with Crippen LogP contribution in [-0.4, -0.2) is 40.6 Å². The van der Waals surface area contributed by atoms with Crippen molar-refractivity contribution in [2.75, 3.05) is 17.7 Å². The van der Waals surface area contributed by atoms with Gasteiger partial charge in [-0.25, -0.2) is 8.42 Å². The maximum Gasteiger partial charge on any atom is 0.268 e. The molecule has 1 N–H and O–H groups in total. The SMILES string of the molecule is CCOc1ccc(-n2c(C)cc(/C=C(/C#N)C(=O)Nc3nc(S(=O)(=O)CC)ns3)c2C)cc1. The number of rotatable bonds is 8. The number of hydrogen-bond donors (Lipinski definition) is 1. The summed E-state index contributed by atoms with van der Waals surface area (Å²) in [4.78, 5) is 16.5. The summed E-state index contributed by atoms with van der Waals surface area (Å²) in [5.41, 5.74) is 3.27. The highest BCUT2D eigenvalue weighted by Crippen LogP contribution is 2.25. The molecule has 0 spiro atoms. The summed E-state index contributed by atoms with van der Waals surface area (Å²) in [6.45, 7) is 7.82. The smallest absolute Gasteiger partial charge is 0.268 e. The molecular weight excluding hydrogens is 462 g/mol. The second-order valence-corrected chi connectivity index (χ2v) is 9.92. The summed E-state index contributed by atoms with van der Waals surface area (Å²) in [7, 11) is -3.58. The molecule has 3 aromatic rings. The van der Waals surface area contributed by atoms with Gasteiger partial charge in [0.05, 0.1) is 12.4 Å². The van der Waals surface area contributed by atoms with Gasteiger partial charge in [0.1, 0.15) is 17.4 Å². The second-order valence-electron chi connectivity index (χ2n) is 7.00. The van der Waals surface area contributed by atoms with Crippen LogP contribution in [-0.2, 0) is 14.6 Å². The second kappa shape index (κ2) is 9.97. The number of ether oxygens (including phenoxy) is 1. The summed E-state index contributed by atoms with van der Waals surface area (Å²) in [5.74, 6) is -0.0661. The van der Waals surface area contributed by atoms with Crippen molar-refractivity contribution in [2.24, 2.45) is 0 Å². The number of anilines is 1. The molecule has 0 unspecified atom stereocenters. The fourth-order valence-electron chi connectivity index (χ4n) is 3.17. The van der Waals surface area contributed by atoms with E-state index in [1.54, 1.807) is 0 Å². The molecule has 0 radical (unpaired) electrons. The van der Waals surface area contributed by atoms with Crippen LogP contribution in [0.2, 0.25) is 0 Å². The number of carbonyl (C=O) groups excluding carboxylic acids is 1. The normalized spacial score (nSPS) is 11.8. The van der Waals surface area contributed by atoms with E-state index in [4.69, 9.17) is 4.74 Å². The first-order valence-corrected chi connectivity index (χ1v) is 12.5. The minimum absolute atomic E-state index is 0.00744. The molecule has 2 heterocycles. The minimum Gasteiger partial charge on any atom is -0.494 e. The molecule has 0 fully saturated rings. The maximum atomic E-state index is 12.6. The van der Waals surface area contributed by atoms with Gasteiger partial charge in [0, 0.05) is 28.6 Å². The van der Waals surface area contributed by atoms with E-state index in [1.165, 1.54) is 13.0 Å². The molecule has 0 atom stereocenters. The topological polar surface area (TPSA) is 127 Å². The van der Waals surface area contributed by atoms with Gasteiger partial charge in [-0.3, -0.25) is 10.1 Å². The fourth-order valence-corrected chi connectivity index (χ4v) is 4.76. The van der Waals surface area contributed by atoms with Crippen molar-refractivity contribution in [3.05, 3.63) is 52.9 Å². The number of nitrogens with one attached hydrogen (secondary N) is 1. The van der Waals surface area contributed by atoms with Crippen molar-refractivity contribution >= 4 is 38.5 Å². The summed E-state index contributed by atoms with van der Waals surface area (Å²) in [5, 5.41) is 11.7. The first-order chi connectivity index (χ1) is 15.7. The summed E-state index contributed by atoms with van der Waals surface area (Å²) >= 11 is 0.743. The molecule has 3 rings (SSSR count). The average Bonchev–Trinajstić information content (AvgIpc) is 3.37. The van der Waals surface area contributed by atoms with Gasteiger partial charge >= 0.3 is 0 Å². The number of amides is 1. The van der Waals surface area contributed by atoms with Crippen molar-refractivity contribution in [1.82, 2.24) is 13.9 Å². The lowest BCUT2D eigenvalue weighted by molar-refractivity contribution is -0.112. The lowest BCUT2D eigenvalue weighted by Gasteiger charge is -2.11. The molecule has 11 heteroatoms. The van der Waals surface area contributed by atoms with E-state index in [2.05, 4.69) is 14.7 Å². The van der Waals surface area contributed by atoms with Gasteiger partial charge in [-0.15, -0.1) is 0 Å². The third kappa shape index (κ3) is 5.30. The highest BCUT2D eigenvalue weighted by Gasteiger charge is 2.20. The van der Waals surface area contributed by atoms with Gasteiger partial charge in [-0.05, 0) is 62.7 Å². The van der Waals surface area contributed by atoms with Crippen LogP contribution in [0.15, 0.2) is 41.1 Å². The number of nitriles is 1. The molecule has 0 saturated carbocycles. The Labute approximate surface area is 196 Å². The zero-order chi connectivity index (χ0) is 24.2. The minimum atomic E-state index is -3.58. The number of hydrogen-bond acceptors (Lipinski definition) is 8. The highest BCUT2D eigenvalue weighted by molar-refractivity contribution is 7.91. The maximum absolute atomic E-state index is 12.6. The molecule has 9 nitrogen and oxygen atoms in total. The van der Waals surface area contributed by atoms with Crippen LogP contribution in [0.5, 0.6) is 5.75 Å². The lowest BCUT2D eigenvalue weighted by atomic mass is 10.1. The Hall–Kier alpha value is -3.49. The lowest BCUT2D eigenvalue weighted by Crippen LogP contribution is -2.14. The molecule has 2 aromatic heterocycles. The first-order valence-electron chi connectivity index (χ1n) is 10.1. The van der Waals surface area contributed by atoms with Gasteiger partial charge in [-0.1, -0.05) is 6.92 Å². The van der Waals surface area contributed by atoms with E-state index < -0.39 is 15.7 Å². The van der Waals surface area contributed by atoms with Crippen LogP contribution < -0.4 is 10.1 Å². The molecule has 33 heavy (non-hydrogen) atoms. The van der Waals surface area contributed by atoms with Crippen LogP contribution in [0.4, 0.5) is 5.13 Å². The van der Waals surface area contributed by atoms with Crippen LogP contribution in [0.1, 0.15) is 30.8 Å². The molecular formula is C22H23N5O4S2. The Morgan fingerprint density at radius 3 is 2.58 bits per heavy atom. The first kappa shape index (κ1) is 24.2. The fraction of sp³-hybridized carbons (Fsp3) is 0.273. The summed E-state index contributed by atoms with van der Waals surface area (Å²) < 4.78 is 35.0. The van der Waals surface area contributed by atoms with E-state index in [1.807, 2.05) is 61.7 Å². The number of aromatic nitrogens is 3. The molecule has 0 aliphatic carbocycles. The summed E-state index contributed by atoms with van der Waals surface area (Å²) in [6.07, 6.45) is 1.49. The Morgan fingerprint density at radius 2 is 1.97 bits per heavy atom. The number of sulfone groups is 1. The molecule has 0 aliphatic rings. The predicted molar refractivity (Wildman–Crippen MR) is 126 cm³/mol. The number of nitrogens with zero attached hydrogens (tertiary/aromatic N) is 4. The van der Waals surface area contributed by atoms with E-state index in [9.17, 15) is 18.5 Å². The van der Waals surface area contributed by atoms with Gasteiger partial charge in [0.25, 0.3) is 11.1 Å². The van der Waals surface area contributed by atoms with Crippen LogP contribution in [0, 0.1) is 25.2 Å². The monoisotopic (exact) mass is 485 g/mol.